The quantitative estimate of drug-likeness (QED) is 0.796. The largest absolute Gasteiger partial charge is 0.487 e. The molecule has 0 radical (unpaired) electrons. The Balaban J connectivity index is 1.62. The molecule has 1 amide bonds. The molecule has 0 aromatic heterocycles. The number of aliphatic hydroxyl groups is 1. The molecule has 7 nitrogen and oxygen atoms in total. The van der Waals surface area contributed by atoms with Crippen LogP contribution in [0.3, 0.4) is 0 Å². The van der Waals surface area contributed by atoms with Gasteiger partial charge in [-0.3, -0.25) is 4.79 Å². The van der Waals surface area contributed by atoms with Crippen LogP contribution < -0.4 is 9.47 Å². The SMILES string of the molecule is CC1(C)Cc2c(Oc3ccc(C(=O)N4CCC(O)C4)c(F)c3)cc(C(=O)O)cc2O1. The molecule has 0 bridgehead atoms. The summed E-state index contributed by atoms with van der Waals surface area (Å²) in [6, 6.07) is 6.73. The number of benzene rings is 2. The summed E-state index contributed by atoms with van der Waals surface area (Å²) < 4.78 is 26.3. The average Bonchev–Trinajstić information content (AvgIpc) is 3.23. The highest BCUT2D eigenvalue weighted by molar-refractivity contribution is 5.95. The fraction of sp³-hybridized carbons (Fsp3) is 0.364. The van der Waals surface area contributed by atoms with Gasteiger partial charge >= 0.3 is 5.97 Å². The summed E-state index contributed by atoms with van der Waals surface area (Å²) in [6.07, 6.45) is 0.390. The second-order valence-electron chi connectivity index (χ2n) is 8.23. The third-order valence-electron chi connectivity index (χ3n) is 5.25. The van der Waals surface area contributed by atoms with Crippen LogP contribution in [0.25, 0.3) is 0 Å². The molecule has 1 fully saturated rings. The Morgan fingerprint density at radius 2 is 2.03 bits per heavy atom. The molecule has 0 saturated carbocycles. The molecule has 1 unspecified atom stereocenters. The van der Waals surface area contributed by atoms with E-state index in [1.165, 1.54) is 29.2 Å². The number of fused-ring (bicyclic) bond motifs is 1. The Kier molecular flexibility index (Phi) is 4.89. The van der Waals surface area contributed by atoms with Crippen LogP contribution in [0.5, 0.6) is 17.2 Å². The summed E-state index contributed by atoms with van der Waals surface area (Å²) in [4.78, 5) is 25.3. The van der Waals surface area contributed by atoms with Crippen LogP contribution in [0.15, 0.2) is 30.3 Å². The van der Waals surface area contributed by atoms with E-state index in [9.17, 15) is 24.2 Å². The lowest BCUT2D eigenvalue weighted by Gasteiger charge is -2.16. The van der Waals surface area contributed by atoms with Crippen molar-refractivity contribution in [2.75, 3.05) is 13.1 Å². The molecule has 2 aromatic rings. The van der Waals surface area contributed by atoms with E-state index in [2.05, 4.69) is 0 Å². The Morgan fingerprint density at radius 3 is 2.67 bits per heavy atom. The first-order chi connectivity index (χ1) is 14.1. The van der Waals surface area contributed by atoms with E-state index < -0.39 is 29.4 Å². The van der Waals surface area contributed by atoms with Gasteiger partial charge in [-0.2, -0.15) is 0 Å². The molecule has 30 heavy (non-hydrogen) atoms. The highest BCUT2D eigenvalue weighted by Gasteiger charge is 2.34. The lowest BCUT2D eigenvalue weighted by molar-refractivity contribution is 0.0694. The minimum absolute atomic E-state index is 0.00121. The van der Waals surface area contributed by atoms with Crippen molar-refractivity contribution < 1.29 is 33.7 Å². The van der Waals surface area contributed by atoms with Gasteiger partial charge in [-0.1, -0.05) is 0 Å². The predicted molar refractivity (Wildman–Crippen MR) is 105 cm³/mol. The Hall–Kier alpha value is -3.13. The summed E-state index contributed by atoms with van der Waals surface area (Å²) in [5, 5.41) is 19.0. The molecule has 1 atom stereocenters. The Bertz CT molecular complexity index is 1030. The topological polar surface area (TPSA) is 96.3 Å². The number of carbonyl (C=O) groups excluding carboxylic acids is 1. The van der Waals surface area contributed by atoms with Gasteiger partial charge in [0.1, 0.15) is 28.7 Å². The summed E-state index contributed by atoms with van der Waals surface area (Å²) in [5.41, 5.74) is 0.0858. The second-order valence-corrected chi connectivity index (χ2v) is 8.23. The van der Waals surface area contributed by atoms with Crippen molar-refractivity contribution in [2.24, 2.45) is 0 Å². The summed E-state index contributed by atoms with van der Waals surface area (Å²) in [7, 11) is 0. The Labute approximate surface area is 172 Å². The molecular formula is C22H22FNO6. The van der Waals surface area contributed by atoms with Gasteiger partial charge < -0.3 is 24.6 Å². The van der Waals surface area contributed by atoms with Crippen LogP contribution in [0.4, 0.5) is 4.39 Å². The van der Waals surface area contributed by atoms with Gasteiger partial charge in [0.2, 0.25) is 0 Å². The van der Waals surface area contributed by atoms with Gasteiger partial charge in [-0.05, 0) is 44.5 Å². The molecule has 0 spiro atoms. The number of β-amino-alcohol motifs (C(OH)–C–C–N with tert-alkyl or cyclic N) is 1. The number of ether oxygens (including phenoxy) is 2. The zero-order chi connectivity index (χ0) is 21.6. The first-order valence-corrected chi connectivity index (χ1v) is 9.67. The number of aliphatic hydroxyl groups excluding tert-OH is 1. The molecule has 0 aliphatic carbocycles. The van der Waals surface area contributed by atoms with Crippen LogP contribution in [0, 0.1) is 5.82 Å². The number of hydrogen-bond acceptors (Lipinski definition) is 5. The van der Waals surface area contributed by atoms with Gasteiger partial charge in [-0.25, -0.2) is 9.18 Å². The van der Waals surface area contributed by atoms with Crippen molar-refractivity contribution in [3.8, 4) is 17.2 Å². The van der Waals surface area contributed by atoms with E-state index >= 15 is 0 Å². The highest BCUT2D eigenvalue weighted by Crippen LogP contribution is 2.43. The lowest BCUT2D eigenvalue weighted by Crippen LogP contribution is -2.30. The molecule has 2 N–H and O–H groups in total. The van der Waals surface area contributed by atoms with E-state index in [-0.39, 0.29) is 29.2 Å². The number of likely N-dealkylation sites (tertiary alicyclic amines) is 1. The molecule has 2 heterocycles. The maximum absolute atomic E-state index is 14.6. The number of nitrogens with zero attached hydrogens (tertiary/aromatic N) is 1. The van der Waals surface area contributed by atoms with E-state index in [1.807, 2.05) is 13.8 Å². The number of amides is 1. The molecule has 2 aliphatic rings. The molecule has 2 aromatic carbocycles. The molecule has 4 rings (SSSR count). The third-order valence-corrected chi connectivity index (χ3v) is 5.25. The average molecular weight is 415 g/mol. The van der Waals surface area contributed by atoms with Crippen LogP contribution >= 0.6 is 0 Å². The molecule has 2 aliphatic heterocycles. The standard InChI is InChI=1S/C22H22FNO6/c1-22(2)10-16-18(7-12(21(27)28)8-19(16)30-22)29-14-3-4-15(17(23)9-14)20(26)24-6-5-13(25)11-24/h3-4,7-9,13,25H,5-6,10-11H2,1-2H3,(H,27,28). The summed E-state index contributed by atoms with van der Waals surface area (Å²) in [6.45, 7) is 4.32. The van der Waals surface area contributed by atoms with E-state index in [4.69, 9.17) is 9.47 Å². The number of rotatable bonds is 4. The number of carboxylic acid groups (broad SMARTS) is 1. The minimum atomic E-state index is -1.13. The molecular weight excluding hydrogens is 393 g/mol. The van der Waals surface area contributed by atoms with E-state index in [1.54, 1.807) is 0 Å². The third kappa shape index (κ3) is 3.82. The van der Waals surface area contributed by atoms with E-state index in [0.29, 0.717) is 30.7 Å². The van der Waals surface area contributed by atoms with Crippen molar-refractivity contribution in [2.45, 2.75) is 38.4 Å². The zero-order valence-corrected chi connectivity index (χ0v) is 16.6. The summed E-state index contributed by atoms with van der Waals surface area (Å²) in [5.74, 6) is -1.52. The Morgan fingerprint density at radius 1 is 1.27 bits per heavy atom. The van der Waals surface area contributed by atoms with Crippen LogP contribution in [0.2, 0.25) is 0 Å². The maximum Gasteiger partial charge on any atom is 0.335 e. The van der Waals surface area contributed by atoms with Gasteiger partial charge in [0.25, 0.3) is 5.91 Å². The lowest BCUT2D eigenvalue weighted by atomic mass is 10.00. The van der Waals surface area contributed by atoms with Crippen molar-refractivity contribution in [1.82, 2.24) is 4.90 Å². The van der Waals surface area contributed by atoms with Crippen molar-refractivity contribution in [3.63, 3.8) is 0 Å². The molecule has 1 saturated heterocycles. The number of halogens is 1. The normalized spacial score (nSPS) is 19.3. The first-order valence-electron chi connectivity index (χ1n) is 9.67. The minimum Gasteiger partial charge on any atom is -0.487 e. The fourth-order valence-corrected chi connectivity index (χ4v) is 3.82. The van der Waals surface area contributed by atoms with Crippen LogP contribution in [0.1, 0.15) is 46.5 Å². The fourth-order valence-electron chi connectivity index (χ4n) is 3.82. The van der Waals surface area contributed by atoms with Gasteiger partial charge in [0, 0.05) is 31.1 Å². The van der Waals surface area contributed by atoms with Gasteiger partial charge in [-0.15, -0.1) is 0 Å². The number of aromatic carboxylic acids is 1. The summed E-state index contributed by atoms with van der Waals surface area (Å²) >= 11 is 0. The number of carboxylic acids is 1. The van der Waals surface area contributed by atoms with Gasteiger partial charge in [0.05, 0.1) is 17.2 Å². The monoisotopic (exact) mass is 415 g/mol. The first kappa shape index (κ1) is 20.2. The van der Waals surface area contributed by atoms with E-state index in [0.717, 1.165) is 6.07 Å². The molecule has 158 valence electrons. The zero-order valence-electron chi connectivity index (χ0n) is 16.6. The number of carbonyl (C=O) groups is 2. The smallest absolute Gasteiger partial charge is 0.335 e. The maximum atomic E-state index is 14.6. The van der Waals surface area contributed by atoms with Crippen LogP contribution in [-0.2, 0) is 6.42 Å². The highest BCUT2D eigenvalue weighted by atomic mass is 19.1. The van der Waals surface area contributed by atoms with Crippen molar-refractivity contribution >= 4 is 11.9 Å². The predicted octanol–water partition coefficient (Wildman–Crippen LogP) is 3.24. The van der Waals surface area contributed by atoms with Crippen LogP contribution in [-0.4, -0.2) is 51.8 Å². The number of hydrogen-bond donors (Lipinski definition) is 2. The second kappa shape index (κ2) is 7.28. The van der Waals surface area contributed by atoms with Crippen molar-refractivity contribution in [1.29, 1.82) is 0 Å². The van der Waals surface area contributed by atoms with Crippen molar-refractivity contribution in [3.05, 3.63) is 52.8 Å². The molecule has 8 heteroatoms. The van der Waals surface area contributed by atoms with Gasteiger partial charge in [0.15, 0.2) is 0 Å².